The Morgan fingerprint density at radius 1 is 0.900 bits per heavy atom. The van der Waals surface area contributed by atoms with Crippen LogP contribution in [0.3, 0.4) is 0 Å². The number of alkyl halides is 2. The van der Waals surface area contributed by atoms with Crippen LogP contribution in [0.4, 0.5) is 11.5 Å². The molecule has 0 aliphatic rings. The molecule has 0 saturated heterocycles. The average Bonchev–Trinajstić information content (AvgIpc) is 2.75. The summed E-state index contributed by atoms with van der Waals surface area (Å²) in [5.74, 6) is 2.17. The zero-order valence-electron chi connectivity index (χ0n) is 17.2. The largest absolute Gasteiger partial charge is 0.384 e. The van der Waals surface area contributed by atoms with Crippen molar-refractivity contribution in [3.8, 4) is 11.1 Å². The van der Waals surface area contributed by atoms with Crippen LogP contribution >= 0.6 is 35.6 Å². The lowest BCUT2D eigenvalue weighted by Gasteiger charge is -2.20. The Morgan fingerprint density at radius 2 is 1.60 bits per heavy atom. The van der Waals surface area contributed by atoms with Crippen molar-refractivity contribution in [1.82, 2.24) is 9.88 Å². The van der Waals surface area contributed by atoms with Crippen LogP contribution in [0.5, 0.6) is 0 Å². The Labute approximate surface area is 195 Å². The van der Waals surface area contributed by atoms with Gasteiger partial charge in [-0.3, -0.25) is 4.90 Å². The molecule has 0 atom stereocenters. The maximum Gasteiger partial charge on any atom is 0.134 e. The molecule has 162 valence electrons. The third kappa shape index (κ3) is 6.39. The summed E-state index contributed by atoms with van der Waals surface area (Å²) in [6, 6.07) is 16.9. The number of anilines is 2. The Morgan fingerprint density at radius 3 is 2.27 bits per heavy atom. The highest BCUT2D eigenvalue weighted by Gasteiger charge is 2.11. The topological polar surface area (TPSA) is 40.2 Å². The van der Waals surface area contributed by atoms with E-state index in [2.05, 4.69) is 69.9 Å². The fourth-order valence-electron chi connectivity index (χ4n) is 3.44. The van der Waals surface area contributed by atoms with E-state index in [-0.39, 0.29) is 12.4 Å². The van der Waals surface area contributed by atoms with E-state index in [0.717, 1.165) is 60.7 Å². The molecule has 0 fully saturated rings. The Balaban J connectivity index is 0.00000320. The highest BCUT2D eigenvalue weighted by atomic mass is 35.5. The number of hydrogen-bond acceptors (Lipinski definition) is 4. The van der Waals surface area contributed by atoms with Crippen molar-refractivity contribution in [3.05, 3.63) is 54.7 Å². The summed E-state index contributed by atoms with van der Waals surface area (Å²) in [6.07, 6.45) is 1.93. The molecule has 0 bridgehead atoms. The number of hydrogen-bond donors (Lipinski definition) is 2. The zero-order valence-corrected chi connectivity index (χ0v) is 19.5. The lowest BCUT2D eigenvalue weighted by atomic mass is 9.99. The lowest BCUT2D eigenvalue weighted by Crippen LogP contribution is -2.32. The van der Waals surface area contributed by atoms with E-state index in [1.54, 1.807) is 0 Å². The van der Waals surface area contributed by atoms with Crippen molar-refractivity contribution in [2.45, 2.75) is 6.92 Å². The number of aromatic nitrogens is 1. The standard InChI is InChI=1S/C23H28Cl2N4.ClH/c1-2-26-23-22(21-6-4-3-5-19(21)17-28-23)18-7-9-20(10-8-18)27-13-16-29(14-11-24)15-12-25;/h3-10,17,27H,2,11-16H2,1H3,(H,26,28);1H. The number of halogens is 3. The van der Waals surface area contributed by atoms with E-state index in [1.165, 1.54) is 5.39 Å². The Bertz CT molecular complexity index is 897. The third-order valence-electron chi connectivity index (χ3n) is 4.88. The first-order valence-corrected chi connectivity index (χ1v) is 11.1. The number of pyridine rings is 1. The van der Waals surface area contributed by atoms with Gasteiger partial charge in [-0.1, -0.05) is 36.4 Å². The van der Waals surface area contributed by atoms with Crippen molar-refractivity contribution in [3.63, 3.8) is 0 Å². The molecule has 4 nitrogen and oxygen atoms in total. The highest BCUT2D eigenvalue weighted by molar-refractivity contribution is 6.18. The maximum absolute atomic E-state index is 5.86. The molecule has 0 saturated carbocycles. The molecule has 7 heteroatoms. The van der Waals surface area contributed by atoms with Gasteiger partial charge in [-0.2, -0.15) is 0 Å². The smallest absolute Gasteiger partial charge is 0.134 e. The van der Waals surface area contributed by atoms with E-state index in [4.69, 9.17) is 23.2 Å². The third-order valence-corrected chi connectivity index (χ3v) is 5.21. The number of benzene rings is 2. The summed E-state index contributed by atoms with van der Waals surface area (Å²) >= 11 is 11.7. The van der Waals surface area contributed by atoms with Crippen LogP contribution in [0.15, 0.2) is 54.7 Å². The van der Waals surface area contributed by atoms with Gasteiger partial charge >= 0.3 is 0 Å². The SMILES string of the molecule is CCNc1ncc2ccccc2c1-c1ccc(NCCN(CCCl)CCCl)cc1.Cl. The molecular weight excluding hydrogens is 439 g/mol. The molecule has 0 aliphatic carbocycles. The van der Waals surface area contributed by atoms with Gasteiger partial charge in [0, 0.05) is 67.3 Å². The van der Waals surface area contributed by atoms with E-state index < -0.39 is 0 Å². The van der Waals surface area contributed by atoms with Gasteiger partial charge in [0.15, 0.2) is 0 Å². The number of rotatable bonds is 11. The van der Waals surface area contributed by atoms with E-state index in [1.807, 2.05) is 12.3 Å². The molecular formula is C23H29Cl3N4. The van der Waals surface area contributed by atoms with Gasteiger partial charge in [0.2, 0.25) is 0 Å². The fraction of sp³-hybridized carbons (Fsp3) is 0.348. The minimum atomic E-state index is 0. The van der Waals surface area contributed by atoms with Gasteiger partial charge in [-0.05, 0) is 30.0 Å². The minimum absolute atomic E-state index is 0. The first-order valence-electron chi connectivity index (χ1n) is 10.1. The number of fused-ring (bicyclic) bond motifs is 1. The minimum Gasteiger partial charge on any atom is -0.384 e. The van der Waals surface area contributed by atoms with Crippen molar-refractivity contribution in [1.29, 1.82) is 0 Å². The van der Waals surface area contributed by atoms with Gasteiger partial charge in [0.1, 0.15) is 5.82 Å². The van der Waals surface area contributed by atoms with Crippen molar-refractivity contribution >= 4 is 57.9 Å². The second-order valence-electron chi connectivity index (χ2n) is 6.82. The summed E-state index contributed by atoms with van der Waals surface area (Å²) in [5, 5.41) is 9.24. The molecule has 2 aromatic carbocycles. The summed E-state index contributed by atoms with van der Waals surface area (Å²) in [5.41, 5.74) is 3.40. The van der Waals surface area contributed by atoms with Crippen LogP contribution in [-0.4, -0.2) is 54.4 Å². The Kier molecular flexibility index (Phi) is 10.5. The van der Waals surface area contributed by atoms with Crippen LogP contribution in [0.25, 0.3) is 21.9 Å². The summed E-state index contributed by atoms with van der Waals surface area (Å²) in [4.78, 5) is 6.92. The van der Waals surface area contributed by atoms with Crippen molar-refractivity contribution < 1.29 is 0 Å². The van der Waals surface area contributed by atoms with Crippen LogP contribution in [0.2, 0.25) is 0 Å². The van der Waals surface area contributed by atoms with Crippen LogP contribution in [0, 0.1) is 0 Å². The molecule has 0 radical (unpaired) electrons. The summed E-state index contributed by atoms with van der Waals surface area (Å²) < 4.78 is 0. The van der Waals surface area contributed by atoms with Gasteiger partial charge in [-0.15, -0.1) is 35.6 Å². The molecule has 0 unspecified atom stereocenters. The molecule has 1 heterocycles. The summed E-state index contributed by atoms with van der Waals surface area (Å²) in [7, 11) is 0. The first kappa shape index (κ1) is 24.5. The molecule has 1 aromatic heterocycles. The van der Waals surface area contributed by atoms with Crippen LogP contribution in [0.1, 0.15) is 6.92 Å². The zero-order chi connectivity index (χ0) is 20.5. The monoisotopic (exact) mass is 466 g/mol. The quantitative estimate of drug-likeness (QED) is 0.342. The lowest BCUT2D eigenvalue weighted by molar-refractivity contribution is 0.319. The van der Waals surface area contributed by atoms with E-state index in [9.17, 15) is 0 Å². The number of nitrogens with zero attached hydrogens (tertiary/aromatic N) is 2. The van der Waals surface area contributed by atoms with E-state index in [0.29, 0.717) is 11.8 Å². The van der Waals surface area contributed by atoms with Gasteiger partial charge in [0.05, 0.1) is 0 Å². The molecule has 30 heavy (non-hydrogen) atoms. The maximum atomic E-state index is 5.86. The van der Waals surface area contributed by atoms with Gasteiger partial charge in [-0.25, -0.2) is 4.98 Å². The van der Waals surface area contributed by atoms with Crippen LogP contribution < -0.4 is 10.6 Å². The van der Waals surface area contributed by atoms with Crippen LogP contribution in [-0.2, 0) is 0 Å². The second kappa shape index (κ2) is 12.9. The van der Waals surface area contributed by atoms with Crippen molar-refractivity contribution in [2.75, 3.05) is 55.1 Å². The van der Waals surface area contributed by atoms with Crippen molar-refractivity contribution in [2.24, 2.45) is 0 Å². The average molecular weight is 468 g/mol. The molecule has 0 amide bonds. The normalized spacial score (nSPS) is 10.8. The van der Waals surface area contributed by atoms with E-state index >= 15 is 0 Å². The molecule has 3 rings (SSSR count). The molecule has 0 aliphatic heterocycles. The predicted molar refractivity (Wildman–Crippen MR) is 135 cm³/mol. The van der Waals surface area contributed by atoms with Gasteiger partial charge in [0.25, 0.3) is 0 Å². The fourth-order valence-corrected chi connectivity index (χ4v) is 3.92. The Hall–Kier alpha value is -1.72. The summed E-state index contributed by atoms with van der Waals surface area (Å²) in [6.45, 7) is 6.40. The molecule has 0 spiro atoms. The first-order chi connectivity index (χ1) is 14.3. The highest BCUT2D eigenvalue weighted by Crippen LogP contribution is 2.34. The predicted octanol–water partition coefficient (Wildman–Crippen LogP) is 5.95. The second-order valence-corrected chi connectivity index (χ2v) is 7.58. The number of nitrogens with one attached hydrogen (secondary N) is 2. The molecule has 3 aromatic rings. The molecule has 2 N–H and O–H groups in total. The van der Waals surface area contributed by atoms with Gasteiger partial charge < -0.3 is 10.6 Å².